The molecule has 4 rings (SSSR count). The van der Waals surface area contributed by atoms with E-state index in [1.54, 1.807) is 12.1 Å². The van der Waals surface area contributed by atoms with E-state index in [2.05, 4.69) is 4.99 Å². The number of hydrogen-bond acceptors (Lipinski definition) is 8. The molecule has 3 aromatic rings. The van der Waals surface area contributed by atoms with Gasteiger partial charge in [0.15, 0.2) is 0 Å². The van der Waals surface area contributed by atoms with Crippen LogP contribution in [0, 0.1) is 20.2 Å². The Balaban J connectivity index is 1.97. The number of nitrogens with zero attached hydrogens (tertiary/aromatic N) is 6. The average molecular weight is 557 g/mol. The summed E-state index contributed by atoms with van der Waals surface area (Å²) in [6.07, 6.45) is -1.30. The van der Waals surface area contributed by atoms with Crippen molar-refractivity contribution in [3.8, 4) is 0 Å². The van der Waals surface area contributed by atoms with Gasteiger partial charge in [-0.05, 0) is 24.3 Å². The number of rotatable bonds is 8. The lowest BCUT2D eigenvalue weighted by molar-refractivity contribution is -0.384. The molecule has 194 valence electrons. The monoisotopic (exact) mass is 556 g/mol. The summed E-state index contributed by atoms with van der Waals surface area (Å²) >= 11 is 12.6. The van der Waals surface area contributed by atoms with Crippen LogP contribution in [0.2, 0.25) is 5.02 Å². The first-order chi connectivity index (χ1) is 18.2. The van der Waals surface area contributed by atoms with Crippen molar-refractivity contribution < 1.29 is 19.4 Å². The number of urea groups is 1. The van der Waals surface area contributed by atoms with Gasteiger partial charge >= 0.3 is 6.03 Å². The summed E-state index contributed by atoms with van der Waals surface area (Å²) in [5.74, 6) is -1.52. The Hall–Kier alpha value is -4.55. The van der Waals surface area contributed by atoms with Crippen LogP contribution in [0.15, 0.2) is 77.8 Å². The molecule has 0 N–H and O–H groups in total. The van der Waals surface area contributed by atoms with Gasteiger partial charge in [0.05, 0.1) is 26.4 Å². The van der Waals surface area contributed by atoms with E-state index < -0.39 is 28.0 Å². The molecule has 0 aromatic heterocycles. The van der Waals surface area contributed by atoms with Gasteiger partial charge in [-0.15, -0.1) is 11.6 Å². The molecule has 1 saturated heterocycles. The first kappa shape index (κ1) is 26.5. The number of nitro groups is 2. The normalized spacial score (nSPS) is 15.2. The number of halogens is 2. The number of para-hydroxylation sites is 5. The Morgan fingerprint density at radius 3 is 1.89 bits per heavy atom. The van der Waals surface area contributed by atoms with Gasteiger partial charge in [-0.3, -0.25) is 29.9 Å². The maximum absolute atomic E-state index is 13.1. The molecule has 14 heteroatoms. The zero-order valence-electron chi connectivity index (χ0n) is 19.6. The SMILES string of the molecule is CN1C(=O)/C(=N\C(CCl)N(c2ccccc2[N+](=O)[O-])c2ccccc2[N+](=O)[O-])N(c2ccccc2Cl)C1=O. The average Bonchev–Trinajstić information content (AvgIpc) is 3.12. The second-order valence-electron chi connectivity index (χ2n) is 7.88. The first-order valence-electron chi connectivity index (χ1n) is 10.9. The van der Waals surface area contributed by atoms with E-state index in [9.17, 15) is 29.8 Å². The number of likely N-dealkylation sites (N-methyl/N-ethyl adjacent to an activating group) is 1. The highest BCUT2D eigenvalue weighted by Crippen LogP contribution is 2.40. The van der Waals surface area contributed by atoms with Crippen molar-refractivity contribution in [1.82, 2.24) is 4.90 Å². The number of benzene rings is 3. The van der Waals surface area contributed by atoms with Crippen molar-refractivity contribution in [1.29, 1.82) is 0 Å². The van der Waals surface area contributed by atoms with Crippen molar-refractivity contribution >= 4 is 69.4 Å². The summed E-state index contributed by atoms with van der Waals surface area (Å²) in [5, 5.41) is 23.9. The van der Waals surface area contributed by atoms with Crippen LogP contribution in [-0.2, 0) is 4.79 Å². The highest BCUT2D eigenvalue weighted by atomic mass is 35.5. The van der Waals surface area contributed by atoms with Gasteiger partial charge in [0.1, 0.15) is 17.5 Å². The summed E-state index contributed by atoms with van der Waals surface area (Å²) in [7, 11) is 1.26. The van der Waals surface area contributed by atoms with Crippen molar-refractivity contribution in [2.24, 2.45) is 4.99 Å². The van der Waals surface area contributed by atoms with Crippen LogP contribution in [0.25, 0.3) is 0 Å². The highest BCUT2D eigenvalue weighted by Gasteiger charge is 2.43. The van der Waals surface area contributed by atoms with Crippen LogP contribution in [-0.4, -0.2) is 51.6 Å². The molecule has 38 heavy (non-hydrogen) atoms. The first-order valence-corrected chi connectivity index (χ1v) is 11.8. The third-order valence-corrected chi connectivity index (χ3v) is 6.26. The predicted molar refractivity (Wildman–Crippen MR) is 142 cm³/mol. The summed E-state index contributed by atoms with van der Waals surface area (Å²) in [4.78, 5) is 56.1. The summed E-state index contributed by atoms with van der Waals surface area (Å²) < 4.78 is 0. The standard InChI is InChI=1S/C24H18Cl2N6O6/c1-28-23(33)22(30(24(28)34)16-9-3-2-8-15(16)26)27-21(14-25)29(17-10-4-6-12-19(17)31(35)36)18-11-5-7-13-20(18)32(37)38/h2-13,21H,14H2,1H3/b27-22+. The molecule has 0 aliphatic carbocycles. The molecule has 3 amide bonds. The van der Waals surface area contributed by atoms with Gasteiger partial charge in [0.25, 0.3) is 17.3 Å². The van der Waals surface area contributed by atoms with Crippen LogP contribution in [0.3, 0.4) is 0 Å². The minimum Gasteiger partial charge on any atom is -0.306 e. The van der Waals surface area contributed by atoms with Crippen molar-refractivity contribution in [2.45, 2.75) is 6.17 Å². The third kappa shape index (κ3) is 4.74. The minimum absolute atomic E-state index is 0.0591. The largest absolute Gasteiger partial charge is 0.337 e. The van der Waals surface area contributed by atoms with Crippen molar-refractivity contribution in [2.75, 3.05) is 22.7 Å². The predicted octanol–water partition coefficient (Wildman–Crippen LogP) is 5.36. The van der Waals surface area contributed by atoms with E-state index >= 15 is 0 Å². The van der Waals surface area contributed by atoms with E-state index in [0.717, 1.165) is 9.80 Å². The second-order valence-corrected chi connectivity index (χ2v) is 8.60. The number of anilines is 3. The Kier molecular flexibility index (Phi) is 7.55. The van der Waals surface area contributed by atoms with E-state index in [1.165, 1.54) is 72.6 Å². The lowest BCUT2D eigenvalue weighted by atomic mass is 10.1. The van der Waals surface area contributed by atoms with E-state index in [0.29, 0.717) is 0 Å². The van der Waals surface area contributed by atoms with Gasteiger partial charge in [0.2, 0.25) is 5.84 Å². The van der Waals surface area contributed by atoms with Gasteiger partial charge < -0.3 is 4.90 Å². The maximum atomic E-state index is 13.1. The molecule has 0 saturated carbocycles. The Morgan fingerprint density at radius 2 is 1.39 bits per heavy atom. The number of amides is 3. The molecule has 1 unspecified atom stereocenters. The number of nitro benzene ring substituents is 2. The van der Waals surface area contributed by atoms with Crippen molar-refractivity contribution in [3.63, 3.8) is 0 Å². The van der Waals surface area contributed by atoms with Crippen LogP contribution >= 0.6 is 23.2 Å². The molecular formula is C24H18Cl2N6O6. The molecule has 0 spiro atoms. The van der Waals surface area contributed by atoms with Gasteiger partial charge in [-0.1, -0.05) is 48.0 Å². The smallest absolute Gasteiger partial charge is 0.306 e. The summed E-state index contributed by atoms with van der Waals surface area (Å²) in [5.41, 5.74) is -0.705. The minimum atomic E-state index is -1.30. The number of carbonyl (C=O) groups excluding carboxylic acids is 2. The zero-order valence-corrected chi connectivity index (χ0v) is 21.1. The van der Waals surface area contributed by atoms with Gasteiger partial charge in [-0.2, -0.15) is 0 Å². The number of carbonyl (C=O) groups is 2. The van der Waals surface area contributed by atoms with Crippen molar-refractivity contribution in [3.05, 3.63) is 98.0 Å². The number of aliphatic imine (C=N–C) groups is 1. The van der Waals surface area contributed by atoms with E-state index in [1.807, 2.05) is 0 Å². The third-order valence-electron chi connectivity index (χ3n) is 5.66. The maximum Gasteiger partial charge on any atom is 0.337 e. The fourth-order valence-corrected chi connectivity index (χ4v) is 4.36. The topological polar surface area (TPSA) is 142 Å². The molecule has 0 bridgehead atoms. The molecule has 3 aromatic carbocycles. The summed E-state index contributed by atoms with van der Waals surface area (Å²) in [6, 6.07) is 16.7. The van der Waals surface area contributed by atoms with Gasteiger partial charge in [0, 0.05) is 19.2 Å². The molecule has 1 atom stereocenters. The summed E-state index contributed by atoms with van der Waals surface area (Å²) in [6.45, 7) is 0. The number of hydrogen-bond donors (Lipinski definition) is 0. The van der Waals surface area contributed by atoms with Crippen LogP contribution < -0.4 is 9.80 Å². The molecule has 0 radical (unpaired) electrons. The molecule has 12 nitrogen and oxygen atoms in total. The highest BCUT2D eigenvalue weighted by molar-refractivity contribution is 6.55. The lowest BCUT2D eigenvalue weighted by Crippen LogP contribution is -2.37. The molecule has 1 aliphatic rings. The van der Waals surface area contributed by atoms with Crippen LogP contribution in [0.1, 0.15) is 0 Å². The Morgan fingerprint density at radius 1 is 0.895 bits per heavy atom. The van der Waals surface area contributed by atoms with Gasteiger partial charge in [-0.25, -0.2) is 14.7 Å². The molecular weight excluding hydrogens is 539 g/mol. The fourth-order valence-electron chi connectivity index (χ4n) is 3.93. The number of alkyl halides is 1. The lowest BCUT2D eigenvalue weighted by Gasteiger charge is -2.30. The second kappa shape index (κ2) is 10.8. The zero-order chi connectivity index (χ0) is 27.6. The van der Waals surface area contributed by atoms with Crippen LogP contribution in [0.4, 0.5) is 33.2 Å². The van der Waals surface area contributed by atoms with E-state index in [-0.39, 0.29) is 45.2 Å². The molecule has 1 fully saturated rings. The number of imide groups is 1. The fraction of sp³-hybridized carbons (Fsp3) is 0.125. The van der Waals surface area contributed by atoms with Crippen LogP contribution in [0.5, 0.6) is 0 Å². The van der Waals surface area contributed by atoms with E-state index in [4.69, 9.17) is 23.2 Å². The molecule has 1 aliphatic heterocycles. The number of amidine groups is 1. The molecule has 1 heterocycles. The Bertz CT molecular complexity index is 1420. The quantitative estimate of drug-likeness (QED) is 0.157. The Labute approximate surface area is 225 Å².